The van der Waals surface area contributed by atoms with Gasteiger partial charge in [0.25, 0.3) is 0 Å². The molecule has 0 radical (unpaired) electrons. The molecule has 1 heterocycles. The van der Waals surface area contributed by atoms with Gasteiger partial charge in [0.1, 0.15) is 6.33 Å². The van der Waals surface area contributed by atoms with Gasteiger partial charge in [0.2, 0.25) is 0 Å². The van der Waals surface area contributed by atoms with Crippen LogP contribution >= 0.6 is 0 Å². The summed E-state index contributed by atoms with van der Waals surface area (Å²) in [4.78, 5) is 0. The number of aryl methyl sites for hydroxylation is 1. The van der Waals surface area contributed by atoms with E-state index in [0.29, 0.717) is 6.04 Å². The van der Waals surface area contributed by atoms with Crippen molar-refractivity contribution in [1.29, 1.82) is 0 Å². The van der Waals surface area contributed by atoms with Crippen molar-refractivity contribution in [3.8, 4) is 11.4 Å². The van der Waals surface area contributed by atoms with Crippen molar-refractivity contribution >= 4 is 5.69 Å². The van der Waals surface area contributed by atoms with Gasteiger partial charge in [-0.05, 0) is 49.9 Å². The van der Waals surface area contributed by atoms with Crippen LogP contribution in [0.15, 0.2) is 30.6 Å². The third-order valence-corrected chi connectivity index (χ3v) is 3.92. The Morgan fingerprint density at radius 3 is 2.45 bits per heavy atom. The van der Waals surface area contributed by atoms with Crippen molar-refractivity contribution in [3.05, 3.63) is 30.6 Å². The molecule has 1 saturated carbocycles. The number of aliphatic hydroxyl groups excluding tert-OH is 1. The Bertz CT molecular complexity index is 556. The number of hydrogen-bond donors (Lipinski definition) is 2. The topological polar surface area (TPSA) is 63.0 Å². The van der Waals surface area contributed by atoms with E-state index < -0.39 is 0 Å². The summed E-state index contributed by atoms with van der Waals surface area (Å²) in [7, 11) is 1.94. The first kappa shape index (κ1) is 13.1. The zero-order valence-corrected chi connectivity index (χ0v) is 11.7. The second-order valence-corrected chi connectivity index (χ2v) is 5.49. The summed E-state index contributed by atoms with van der Waals surface area (Å²) in [6, 6.07) is 8.75. The first-order valence-electron chi connectivity index (χ1n) is 7.11. The van der Waals surface area contributed by atoms with Crippen LogP contribution in [0.1, 0.15) is 25.7 Å². The highest BCUT2D eigenvalue weighted by atomic mass is 16.3. The van der Waals surface area contributed by atoms with Crippen LogP contribution in [-0.4, -0.2) is 32.0 Å². The van der Waals surface area contributed by atoms with Crippen molar-refractivity contribution in [3.63, 3.8) is 0 Å². The molecule has 0 saturated heterocycles. The lowest BCUT2D eigenvalue weighted by Gasteiger charge is -2.27. The summed E-state index contributed by atoms with van der Waals surface area (Å²) in [5, 5.41) is 21.1. The largest absolute Gasteiger partial charge is 0.393 e. The Balaban J connectivity index is 1.66. The third kappa shape index (κ3) is 2.82. The molecule has 0 atom stereocenters. The number of aliphatic hydroxyl groups is 1. The van der Waals surface area contributed by atoms with Crippen LogP contribution < -0.4 is 5.32 Å². The van der Waals surface area contributed by atoms with E-state index in [-0.39, 0.29) is 6.10 Å². The fraction of sp³-hybridized carbons (Fsp3) is 0.467. The highest BCUT2D eigenvalue weighted by Gasteiger charge is 2.18. The Hall–Kier alpha value is -1.88. The van der Waals surface area contributed by atoms with Crippen molar-refractivity contribution in [2.75, 3.05) is 5.32 Å². The molecule has 1 aliphatic carbocycles. The molecule has 0 bridgehead atoms. The Morgan fingerprint density at radius 2 is 1.85 bits per heavy atom. The molecule has 106 valence electrons. The lowest BCUT2D eigenvalue weighted by molar-refractivity contribution is 0.126. The lowest BCUT2D eigenvalue weighted by atomic mass is 9.93. The molecule has 0 amide bonds. The van der Waals surface area contributed by atoms with Gasteiger partial charge in [-0.1, -0.05) is 0 Å². The molecule has 0 spiro atoms. The molecular formula is C15H20N4O. The second-order valence-electron chi connectivity index (χ2n) is 5.49. The molecular weight excluding hydrogens is 252 g/mol. The molecule has 0 aliphatic heterocycles. The first-order chi connectivity index (χ1) is 9.72. The van der Waals surface area contributed by atoms with E-state index in [1.807, 2.05) is 11.6 Å². The zero-order valence-electron chi connectivity index (χ0n) is 11.7. The van der Waals surface area contributed by atoms with Gasteiger partial charge in [-0.3, -0.25) is 0 Å². The maximum atomic E-state index is 9.52. The predicted octanol–water partition coefficient (Wildman–Crippen LogP) is 2.20. The molecule has 1 fully saturated rings. The molecule has 0 unspecified atom stereocenters. The molecule has 1 aromatic heterocycles. The number of anilines is 1. The van der Waals surface area contributed by atoms with Crippen LogP contribution in [0.3, 0.4) is 0 Å². The van der Waals surface area contributed by atoms with Crippen LogP contribution in [0, 0.1) is 0 Å². The van der Waals surface area contributed by atoms with E-state index in [1.165, 1.54) is 0 Å². The third-order valence-electron chi connectivity index (χ3n) is 3.92. The number of benzene rings is 1. The Labute approximate surface area is 118 Å². The van der Waals surface area contributed by atoms with Crippen LogP contribution in [0.5, 0.6) is 0 Å². The summed E-state index contributed by atoms with van der Waals surface area (Å²) in [5.74, 6) is 0.873. The van der Waals surface area contributed by atoms with Crippen LogP contribution in [-0.2, 0) is 7.05 Å². The zero-order chi connectivity index (χ0) is 13.9. The predicted molar refractivity (Wildman–Crippen MR) is 78.3 cm³/mol. The second kappa shape index (κ2) is 5.63. The average Bonchev–Trinajstić information content (AvgIpc) is 2.89. The number of nitrogens with zero attached hydrogens (tertiary/aromatic N) is 3. The van der Waals surface area contributed by atoms with E-state index in [2.05, 4.69) is 39.8 Å². The van der Waals surface area contributed by atoms with Crippen LogP contribution in [0.4, 0.5) is 5.69 Å². The van der Waals surface area contributed by atoms with E-state index in [1.54, 1.807) is 6.33 Å². The van der Waals surface area contributed by atoms with Crippen molar-refractivity contribution in [2.45, 2.75) is 37.8 Å². The minimum atomic E-state index is -0.105. The molecule has 20 heavy (non-hydrogen) atoms. The minimum Gasteiger partial charge on any atom is -0.393 e. The first-order valence-corrected chi connectivity index (χ1v) is 7.11. The highest BCUT2D eigenvalue weighted by molar-refractivity contribution is 5.59. The number of aromatic nitrogens is 3. The molecule has 5 nitrogen and oxygen atoms in total. The smallest absolute Gasteiger partial charge is 0.163 e. The molecule has 2 N–H and O–H groups in total. The van der Waals surface area contributed by atoms with Gasteiger partial charge in [-0.15, -0.1) is 10.2 Å². The molecule has 5 heteroatoms. The van der Waals surface area contributed by atoms with Crippen LogP contribution in [0.2, 0.25) is 0 Å². The summed E-state index contributed by atoms with van der Waals surface area (Å²) in [6.07, 6.45) is 5.46. The molecule has 1 aromatic carbocycles. The van der Waals surface area contributed by atoms with E-state index >= 15 is 0 Å². The van der Waals surface area contributed by atoms with Gasteiger partial charge >= 0.3 is 0 Å². The van der Waals surface area contributed by atoms with Gasteiger partial charge in [-0.2, -0.15) is 0 Å². The normalized spacial score (nSPS) is 22.7. The van der Waals surface area contributed by atoms with Crippen molar-refractivity contribution in [1.82, 2.24) is 14.8 Å². The lowest BCUT2D eigenvalue weighted by Crippen LogP contribution is -2.28. The Morgan fingerprint density at radius 1 is 1.15 bits per heavy atom. The maximum absolute atomic E-state index is 9.52. The van der Waals surface area contributed by atoms with E-state index in [9.17, 15) is 5.11 Å². The average molecular weight is 272 g/mol. The highest BCUT2D eigenvalue weighted by Crippen LogP contribution is 2.24. The van der Waals surface area contributed by atoms with Gasteiger partial charge in [0, 0.05) is 24.3 Å². The standard InChI is InChI=1S/C15H20N4O/c1-19-10-16-18-15(19)11-2-4-12(5-3-11)17-13-6-8-14(20)9-7-13/h2-5,10,13-14,17,20H,6-9H2,1H3. The van der Waals surface area contributed by atoms with Gasteiger partial charge < -0.3 is 15.0 Å². The van der Waals surface area contributed by atoms with Crippen molar-refractivity contribution < 1.29 is 5.11 Å². The fourth-order valence-electron chi connectivity index (χ4n) is 2.72. The molecule has 3 rings (SSSR count). The summed E-state index contributed by atoms with van der Waals surface area (Å²) < 4.78 is 1.91. The van der Waals surface area contributed by atoms with Gasteiger partial charge in [-0.25, -0.2) is 0 Å². The monoisotopic (exact) mass is 272 g/mol. The quantitative estimate of drug-likeness (QED) is 0.899. The van der Waals surface area contributed by atoms with E-state index in [0.717, 1.165) is 42.8 Å². The number of rotatable bonds is 3. The minimum absolute atomic E-state index is 0.105. The van der Waals surface area contributed by atoms with Gasteiger partial charge in [0.05, 0.1) is 6.10 Å². The molecule has 2 aromatic rings. The summed E-state index contributed by atoms with van der Waals surface area (Å²) in [6.45, 7) is 0. The molecule has 1 aliphatic rings. The maximum Gasteiger partial charge on any atom is 0.163 e. The van der Waals surface area contributed by atoms with Crippen LogP contribution in [0.25, 0.3) is 11.4 Å². The SMILES string of the molecule is Cn1cnnc1-c1ccc(NC2CCC(O)CC2)cc1. The van der Waals surface area contributed by atoms with E-state index in [4.69, 9.17) is 0 Å². The summed E-state index contributed by atoms with van der Waals surface area (Å²) in [5.41, 5.74) is 2.19. The fourth-order valence-corrected chi connectivity index (χ4v) is 2.72. The number of hydrogen-bond acceptors (Lipinski definition) is 4. The Kier molecular flexibility index (Phi) is 3.69. The number of nitrogens with one attached hydrogen (secondary N) is 1. The van der Waals surface area contributed by atoms with Gasteiger partial charge in [0.15, 0.2) is 5.82 Å². The van der Waals surface area contributed by atoms with Crippen molar-refractivity contribution in [2.24, 2.45) is 7.05 Å². The summed E-state index contributed by atoms with van der Waals surface area (Å²) >= 11 is 0.